The first-order chi connectivity index (χ1) is 15.8. The van der Waals surface area contributed by atoms with E-state index in [1.165, 1.54) is 9.58 Å². The molecule has 9 heteroatoms. The Morgan fingerprint density at radius 1 is 1.15 bits per heavy atom. The molecule has 1 aromatic heterocycles. The number of aromatic nitrogens is 2. The quantitative estimate of drug-likeness (QED) is 0.421. The lowest BCUT2D eigenvalue weighted by atomic mass is 10.2. The van der Waals surface area contributed by atoms with E-state index in [1.54, 1.807) is 25.1 Å². The number of ether oxygens (including phenoxy) is 1. The van der Waals surface area contributed by atoms with Gasteiger partial charge in [0.25, 0.3) is 5.91 Å². The second-order valence-electron chi connectivity index (χ2n) is 7.36. The molecule has 3 rings (SSSR count). The van der Waals surface area contributed by atoms with Crippen molar-refractivity contribution < 1.29 is 14.3 Å². The van der Waals surface area contributed by atoms with E-state index in [1.807, 2.05) is 43.3 Å². The van der Waals surface area contributed by atoms with Gasteiger partial charge in [-0.1, -0.05) is 53.5 Å². The molecule has 3 aromatic rings. The van der Waals surface area contributed by atoms with Crippen LogP contribution >= 0.6 is 23.2 Å². The molecule has 7 nitrogen and oxygen atoms in total. The zero-order chi connectivity index (χ0) is 24.0. The fraction of sp³-hybridized carbons (Fsp3) is 0.250. The third kappa shape index (κ3) is 5.92. The Hall–Kier alpha value is -3.34. The third-order valence-electron chi connectivity index (χ3n) is 4.97. The third-order valence-corrected chi connectivity index (χ3v) is 5.78. The minimum atomic E-state index is -0.738. The molecule has 0 saturated heterocycles. The summed E-state index contributed by atoms with van der Waals surface area (Å²) in [5.41, 5.74) is 2.85. The van der Waals surface area contributed by atoms with E-state index >= 15 is 0 Å². The van der Waals surface area contributed by atoms with Gasteiger partial charge >= 0.3 is 5.97 Å². The van der Waals surface area contributed by atoms with Crippen LogP contribution in [-0.2, 0) is 16.1 Å². The van der Waals surface area contributed by atoms with Gasteiger partial charge in [-0.2, -0.15) is 10.4 Å². The van der Waals surface area contributed by atoms with Crippen molar-refractivity contribution in [3.8, 4) is 6.07 Å². The van der Waals surface area contributed by atoms with E-state index < -0.39 is 18.5 Å². The number of nitriles is 1. The van der Waals surface area contributed by atoms with Crippen LogP contribution < -0.4 is 4.90 Å². The van der Waals surface area contributed by atoms with Crippen LogP contribution in [-0.4, -0.2) is 34.8 Å². The second-order valence-corrected chi connectivity index (χ2v) is 8.12. The SMILES string of the molecule is Cc1cc(N(CCC#N)C(=O)COC(=O)c2c(C)nn(Cc3ccccc3)c2Cl)ccc1Cl. The summed E-state index contributed by atoms with van der Waals surface area (Å²) in [4.78, 5) is 27.0. The topological polar surface area (TPSA) is 88.2 Å². The molecule has 170 valence electrons. The van der Waals surface area contributed by atoms with Crippen molar-refractivity contribution in [1.82, 2.24) is 9.78 Å². The van der Waals surface area contributed by atoms with Crippen LogP contribution in [0.2, 0.25) is 10.2 Å². The van der Waals surface area contributed by atoms with Gasteiger partial charge in [0.2, 0.25) is 0 Å². The lowest BCUT2D eigenvalue weighted by Gasteiger charge is -2.22. The van der Waals surface area contributed by atoms with E-state index in [0.717, 1.165) is 11.1 Å². The van der Waals surface area contributed by atoms with E-state index in [-0.39, 0.29) is 23.7 Å². The zero-order valence-corrected chi connectivity index (χ0v) is 19.7. The summed E-state index contributed by atoms with van der Waals surface area (Å²) in [5, 5.41) is 14.0. The number of carbonyl (C=O) groups excluding carboxylic acids is 2. The maximum atomic E-state index is 12.9. The van der Waals surface area contributed by atoms with E-state index in [9.17, 15) is 9.59 Å². The van der Waals surface area contributed by atoms with E-state index in [2.05, 4.69) is 5.10 Å². The molecule has 2 aromatic carbocycles. The number of benzene rings is 2. The van der Waals surface area contributed by atoms with Gasteiger partial charge in [-0.05, 0) is 43.2 Å². The Bertz CT molecular complexity index is 1200. The molecule has 33 heavy (non-hydrogen) atoms. The van der Waals surface area contributed by atoms with Crippen molar-refractivity contribution in [2.75, 3.05) is 18.1 Å². The summed E-state index contributed by atoms with van der Waals surface area (Å²) in [6.45, 7) is 3.51. The molecular formula is C24H22Cl2N4O3. The largest absolute Gasteiger partial charge is 0.452 e. The lowest BCUT2D eigenvalue weighted by Crippen LogP contribution is -2.35. The molecule has 1 amide bonds. The molecule has 0 aliphatic carbocycles. The van der Waals surface area contributed by atoms with E-state index in [4.69, 9.17) is 33.2 Å². The Labute approximate surface area is 202 Å². The molecular weight excluding hydrogens is 463 g/mol. The number of hydrogen-bond acceptors (Lipinski definition) is 5. The number of anilines is 1. The molecule has 0 saturated carbocycles. The Kier molecular flexibility index (Phi) is 8.10. The highest BCUT2D eigenvalue weighted by Gasteiger charge is 2.24. The highest BCUT2D eigenvalue weighted by Crippen LogP contribution is 2.24. The molecule has 0 atom stereocenters. The highest BCUT2D eigenvalue weighted by molar-refractivity contribution is 6.33. The van der Waals surface area contributed by atoms with Crippen LogP contribution in [0.1, 0.15) is 33.6 Å². The number of aryl methyl sites for hydroxylation is 2. The Morgan fingerprint density at radius 3 is 2.55 bits per heavy atom. The summed E-state index contributed by atoms with van der Waals surface area (Å²) in [6.07, 6.45) is 0.124. The molecule has 1 heterocycles. The average Bonchev–Trinajstić information content (AvgIpc) is 3.08. The molecule has 0 aliphatic rings. The normalized spacial score (nSPS) is 10.5. The van der Waals surface area contributed by atoms with Crippen molar-refractivity contribution in [3.05, 3.63) is 81.1 Å². The summed E-state index contributed by atoms with van der Waals surface area (Å²) in [7, 11) is 0. The van der Waals surface area contributed by atoms with Gasteiger partial charge in [0.05, 0.1) is 24.7 Å². The Morgan fingerprint density at radius 2 is 1.88 bits per heavy atom. The van der Waals surface area contributed by atoms with Crippen LogP contribution in [0.5, 0.6) is 0 Å². The van der Waals surface area contributed by atoms with Gasteiger partial charge in [-0.3, -0.25) is 4.79 Å². The van der Waals surface area contributed by atoms with Crippen LogP contribution in [0.25, 0.3) is 0 Å². The number of nitrogens with zero attached hydrogens (tertiary/aromatic N) is 4. The van der Waals surface area contributed by atoms with E-state index in [0.29, 0.717) is 22.9 Å². The summed E-state index contributed by atoms with van der Waals surface area (Å²) in [6, 6.07) is 16.7. The van der Waals surface area contributed by atoms with Crippen molar-refractivity contribution in [1.29, 1.82) is 5.26 Å². The predicted molar refractivity (Wildman–Crippen MR) is 127 cm³/mol. The number of amides is 1. The van der Waals surface area contributed by atoms with Gasteiger partial charge in [-0.15, -0.1) is 0 Å². The number of carbonyl (C=O) groups is 2. The number of rotatable bonds is 8. The number of halogens is 2. The molecule has 0 radical (unpaired) electrons. The Balaban J connectivity index is 1.72. The van der Waals surface area contributed by atoms with Crippen molar-refractivity contribution in [2.24, 2.45) is 0 Å². The second kappa shape index (κ2) is 11.0. The molecule has 0 spiro atoms. The van der Waals surface area contributed by atoms with Crippen molar-refractivity contribution in [3.63, 3.8) is 0 Å². The molecule has 0 bridgehead atoms. The lowest BCUT2D eigenvalue weighted by molar-refractivity contribution is -0.121. The summed E-state index contributed by atoms with van der Waals surface area (Å²) in [5.74, 6) is -1.21. The minimum absolute atomic E-state index is 0.117. The summed E-state index contributed by atoms with van der Waals surface area (Å²) >= 11 is 12.5. The van der Waals surface area contributed by atoms with Gasteiger partial charge in [0.1, 0.15) is 10.7 Å². The first kappa shape index (κ1) is 24.3. The maximum Gasteiger partial charge on any atom is 0.343 e. The first-order valence-corrected chi connectivity index (χ1v) is 10.9. The van der Waals surface area contributed by atoms with Crippen molar-refractivity contribution >= 4 is 40.8 Å². The molecule has 0 unspecified atom stereocenters. The fourth-order valence-corrected chi connectivity index (χ4v) is 3.71. The van der Waals surface area contributed by atoms with Crippen LogP contribution in [0.4, 0.5) is 5.69 Å². The number of esters is 1. The van der Waals surface area contributed by atoms with Crippen LogP contribution in [0.15, 0.2) is 48.5 Å². The first-order valence-electron chi connectivity index (χ1n) is 10.2. The van der Waals surface area contributed by atoms with Gasteiger partial charge < -0.3 is 9.64 Å². The minimum Gasteiger partial charge on any atom is -0.452 e. The van der Waals surface area contributed by atoms with Crippen LogP contribution in [0, 0.1) is 25.2 Å². The molecule has 0 fully saturated rings. The fourth-order valence-electron chi connectivity index (χ4n) is 3.28. The van der Waals surface area contributed by atoms with Gasteiger partial charge in [0, 0.05) is 17.3 Å². The zero-order valence-electron chi connectivity index (χ0n) is 18.2. The molecule has 0 N–H and O–H groups in total. The van der Waals surface area contributed by atoms with Gasteiger partial charge in [0.15, 0.2) is 6.61 Å². The standard InChI is InChI=1S/C24H22Cl2N4O3/c1-16-13-19(9-10-20(16)25)29(12-6-11-27)21(31)15-33-24(32)22-17(2)28-30(23(22)26)14-18-7-4-3-5-8-18/h3-5,7-10,13H,6,12,14-15H2,1-2H3. The highest BCUT2D eigenvalue weighted by atomic mass is 35.5. The van der Waals surface area contributed by atoms with Gasteiger partial charge in [-0.25, -0.2) is 9.48 Å². The van der Waals surface area contributed by atoms with Crippen LogP contribution in [0.3, 0.4) is 0 Å². The average molecular weight is 485 g/mol. The maximum absolute atomic E-state index is 12.9. The molecule has 0 aliphatic heterocycles. The monoisotopic (exact) mass is 484 g/mol. The smallest absolute Gasteiger partial charge is 0.343 e. The summed E-state index contributed by atoms with van der Waals surface area (Å²) < 4.78 is 6.79. The van der Waals surface area contributed by atoms with Crippen molar-refractivity contribution in [2.45, 2.75) is 26.8 Å². The predicted octanol–water partition coefficient (Wildman–Crippen LogP) is 4.96. The number of hydrogen-bond donors (Lipinski definition) is 0.